The molecule has 3 atom stereocenters. The van der Waals surface area contributed by atoms with E-state index in [0.717, 1.165) is 23.3 Å². The number of piperidine rings is 1. The molecule has 2 aliphatic heterocycles. The topological polar surface area (TPSA) is 29.0 Å². The van der Waals surface area contributed by atoms with Crippen molar-refractivity contribution in [1.29, 1.82) is 0 Å². The zero-order chi connectivity index (χ0) is 17.2. The van der Waals surface area contributed by atoms with Gasteiger partial charge in [-0.1, -0.05) is 23.6 Å². The van der Waals surface area contributed by atoms with Crippen LogP contribution >= 0.6 is 23.5 Å². The first kappa shape index (κ1) is 17.0. The van der Waals surface area contributed by atoms with Crippen LogP contribution in [0.1, 0.15) is 30.0 Å². The van der Waals surface area contributed by atoms with Gasteiger partial charge in [0, 0.05) is 30.6 Å². The maximum Gasteiger partial charge on any atom is 0.134 e. The molecule has 0 aliphatic carbocycles. The maximum absolute atomic E-state index is 13.2. The van der Waals surface area contributed by atoms with Gasteiger partial charge in [-0.2, -0.15) is 8.75 Å². The highest BCUT2D eigenvalue weighted by molar-refractivity contribution is 7.99. The fraction of sp³-hybridized carbons (Fsp3) is 0.444. The summed E-state index contributed by atoms with van der Waals surface area (Å²) in [6, 6.07) is 3.33. The molecule has 2 aliphatic rings. The summed E-state index contributed by atoms with van der Waals surface area (Å²) in [4.78, 5) is 2.52. The quantitative estimate of drug-likeness (QED) is 0.601. The van der Waals surface area contributed by atoms with Crippen LogP contribution in [0.4, 0.5) is 8.78 Å². The lowest BCUT2D eigenvalue weighted by Gasteiger charge is -2.21. The summed E-state index contributed by atoms with van der Waals surface area (Å²) in [7, 11) is 0. The number of halogens is 2. The number of benzene rings is 1. The predicted molar refractivity (Wildman–Crippen MR) is 95.8 cm³/mol. The Morgan fingerprint density at radius 3 is 2.84 bits per heavy atom. The minimum absolute atomic E-state index is 0.354. The van der Waals surface area contributed by atoms with Gasteiger partial charge in [0.15, 0.2) is 0 Å². The predicted octanol–water partition coefficient (Wildman–Crippen LogP) is 3.77. The summed E-state index contributed by atoms with van der Waals surface area (Å²) < 4.78 is 35.3. The first-order valence-corrected chi connectivity index (χ1v) is 10.0. The Morgan fingerprint density at radius 1 is 1.20 bits per heavy atom. The van der Waals surface area contributed by atoms with E-state index in [4.69, 9.17) is 0 Å². The van der Waals surface area contributed by atoms with Gasteiger partial charge in [0.05, 0.1) is 23.2 Å². The van der Waals surface area contributed by atoms with Gasteiger partial charge in [0.2, 0.25) is 0 Å². The normalized spacial score (nSPS) is 24.8. The molecule has 1 aromatic heterocycles. The largest absolute Gasteiger partial charge is 0.302 e. The molecular formula is C18H17F2N3S2. The Hall–Kier alpha value is -1.49. The van der Waals surface area contributed by atoms with E-state index in [-0.39, 0.29) is 0 Å². The van der Waals surface area contributed by atoms with Crippen LogP contribution in [0.2, 0.25) is 0 Å². The number of fused-ring (bicyclic) bond motifs is 2. The van der Waals surface area contributed by atoms with E-state index in [2.05, 4.69) is 25.5 Å². The second-order valence-electron chi connectivity index (χ2n) is 6.47. The highest BCUT2D eigenvalue weighted by Crippen LogP contribution is 2.41. The third kappa shape index (κ3) is 3.86. The molecule has 2 fully saturated rings. The average Bonchev–Trinajstić information content (AvgIpc) is 3.14. The Kier molecular flexibility index (Phi) is 5.02. The van der Waals surface area contributed by atoms with Gasteiger partial charge in [0.25, 0.3) is 0 Å². The van der Waals surface area contributed by atoms with Crippen molar-refractivity contribution in [2.45, 2.75) is 23.8 Å². The highest BCUT2D eigenvalue weighted by atomic mass is 32.2. The molecule has 0 saturated carbocycles. The number of hydrogen-bond donors (Lipinski definition) is 0. The Labute approximate surface area is 154 Å². The second kappa shape index (κ2) is 7.40. The zero-order valence-electron chi connectivity index (χ0n) is 13.5. The summed E-state index contributed by atoms with van der Waals surface area (Å²) in [6.45, 7) is 3.46. The van der Waals surface area contributed by atoms with E-state index in [1.807, 2.05) is 0 Å². The lowest BCUT2D eigenvalue weighted by Crippen LogP contribution is -2.25. The monoisotopic (exact) mass is 377 g/mol. The molecule has 2 aromatic rings. The van der Waals surface area contributed by atoms with Crippen molar-refractivity contribution in [2.75, 3.05) is 25.4 Å². The molecule has 4 rings (SSSR count). The molecule has 3 nitrogen and oxygen atoms in total. The number of thioether (sulfide) groups is 1. The first-order valence-electron chi connectivity index (χ1n) is 8.31. The minimum Gasteiger partial charge on any atom is -0.302 e. The van der Waals surface area contributed by atoms with E-state index in [1.165, 1.54) is 49.8 Å². The molecule has 3 heterocycles. The van der Waals surface area contributed by atoms with Crippen molar-refractivity contribution in [3.05, 3.63) is 41.1 Å². The van der Waals surface area contributed by atoms with Crippen LogP contribution < -0.4 is 0 Å². The molecule has 1 aromatic carbocycles. The molecule has 130 valence electrons. The molecule has 0 spiro atoms. The van der Waals surface area contributed by atoms with Crippen LogP contribution in [0, 0.1) is 29.4 Å². The minimum atomic E-state index is -0.606. The van der Waals surface area contributed by atoms with Gasteiger partial charge in [-0.3, -0.25) is 0 Å². The molecule has 0 radical (unpaired) electrons. The molecular weight excluding hydrogens is 360 g/mol. The smallest absolute Gasteiger partial charge is 0.134 e. The average molecular weight is 377 g/mol. The van der Waals surface area contributed by atoms with Crippen molar-refractivity contribution in [3.8, 4) is 11.8 Å². The standard InChI is InChI=1S/C18H17F2N3S2/c19-14-7-12(8-15(20)9-14)3-2-6-24-18-17(21-25-22-18)16-11-23-5-1-4-13(16)10-23/h7-9,13,16H,1,4-6,10-11H2/t13-,16+/m0/s1. The van der Waals surface area contributed by atoms with Crippen molar-refractivity contribution < 1.29 is 8.78 Å². The van der Waals surface area contributed by atoms with E-state index in [9.17, 15) is 8.78 Å². The van der Waals surface area contributed by atoms with E-state index in [0.29, 0.717) is 23.2 Å². The maximum atomic E-state index is 13.2. The van der Waals surface area contributed by atoms with Crippen LogP contribution in [0.25, 0.3) is 0 Å². The number of aromatic nitrogens is 2. The molecule has 1 unspecified atom stereocenters. The number of hydrogen-bond acceptors (Lipinski definition) is 5. The SMILES string of the molecule is Fc1cc(F)cc(C#CCSc2nsnc2[C@@H]2CN3CCC[C@H]2C3)c1. The fourth-order valence-electron chi connectivity index (χ4n) is 3.70. The van der Waals surface area contributed by atoms with Crippen LogP contribution in [0.5, 0.6) is 0 Å². The molecule has 25 heavy (non-hydrogen) atoms. The number of rotatable bonds is 3. The van der Waals surface area contributed by atoms with Gasteiger partial charge >= 0.3 is 0 Å². The van der Waals surface area contributed by atoms with E-state index >= 15 is 0 Å². The number of nitrogens with zero attached hydrogens (tertiary/aromatic N) is 3. The van der Waals surface area contributed by atoms with Gasteiger partial charge in [0.1, 0.15) is 16.7 Å². The summed E-state index contributed by atoms with van der Waals surface area (Å²) in [5.41, 5.74) is 1.47. The molecule has 0 amide bonds. The van der Waals surface area contributed by atoms with Crippen LogP contribution in [-0.2, 0) is 0 Å². The van der Waals surface area contributed by atoms with Crippen LogP contribution in [0.15, 0.2) is 23.2 Å². The first-order chi connectivity index (χ1) is 12.2. The van der Waals surface area contributed by atoms with E-state index < -0.39 is 11.6 Å². The lowest BCUT2D eigenvalue weighted by atomic mass is 9.89. The Morgan fingerprint density at radius 2 is 2.04 bits per heavy atom. The molecule has 2 bridgehead atoms. The van der Waals surface area contributed by atoms with Gasteiger partial charge < -0.3 is 4.90 Å². The second-order valence-corrected chi connectivity index (χ2v) is 7.96. The van der Waals surface area contributed by atoms with Crippen LogP contribution in [-0.4, -0.2) is 39.0 Å². The van der Waals surface area contributed by atoms with Gasteiger partial charge in [-0.05, 0) is 37.4 Å². The molecule has 7 heteroatoms. The molecule has 2 saturated heterocycles. The van der Waals surface area contributed by atoms with Crippen molar-refractivity contribution >= 4 is 23.5 Å². The summed E-state index contributed by atoms with van der Waals surface area (Å²) in [6.07, 6.45) is 2.55. The van der Waals surface area contributed by atoms with Crippen molar-refractivity contribution in [2.24, 2.45) is 5.92 Å². The van der Waals surface area contributed by atoms with Crippen molar-refractivity contribution in [3.63, 3.8) is 0 Å². The summed E-state index contributed by atoms with van der Waals surface area (Å²) in [5, 5.41) is 0.962. The molecule has 0 N–H and O–H groups in total. The fourth-order valence-corrected chi connectivity index (χ4v) is 5.22. The summed E-state index contributed by atoms with van der Waals surface area (Å²) in [5.74, 6) is 6.26. The Balaban J connectivity index is 1.41. The third-order valence-electron chi connectivity index (χ3n) is 4.78. The van der Waals surface area contributed by atoms with Gasteiger partial charge in [-0.25, -0.2) is 8.78 Å². The zero-order valence-corrected chi connectivity index (χ0v) is 15.2. The highest BCUT2D eigenvalue weighted by Gasteiger charge is 2.38. The van der Waals surface area contributed by atoms with Gasteiger partial charge in [-0.15, -0.1) is 0 Å². The van der Waals surface area contributed by atoms with Crippen molar-refractivity contribution in [1.82, 2.24) is 13.6 Å². The third-order valence-corrected chi connectivity index (χ3v) is 6.30. The lowest BCUT2D eigenvalue weighted by molar-refractivity contribution is 0.269. The van der Waals surface area contributed by atoms with Crippen LogP contribution in [0.3, 0.4) is 0 Å². The summed E-state index contributed by atoms with van der Waals surface area (Å²) >= 11 is 2.82. The Bertz CT molecular complexity index is 807. The van der Waals surface area contributed by atoms with E-state index in [1.54, 1.807) is 11.8 Å².